The van der Waals surface area contributed by atoms with Gasteiger partial charge in [0.05, 0.1) is 42.0 Å². The molecule has 0 amide bonds. The Bertz CT molecular complexity index is 1370. The summed E-state index contributed by atoms with van der Waals surface area (Å²) in [5.74, 6) is -0.375. The first-order valence-electron chi connectivity index (χ1n) is 10.2. The molecular formula is C23H20Cl3FN6S. The molecule has 4 rings (SSSR count). The SMILES string of the molecule is Cc1nn(Cc2ccc(F)cc2Cl)c(C)c1NC(=S)Nc1cnn(Cc2ccc(Cl)cc2Cl)c1. The maximum absolute atomic E-state index is 13.3. The van der Waals surface area contributed by atoms with E-state index in [1.54, 1.807) is 33.8 Å². The molecular weight excluding hydrogens is 518 g/mol. The number of aromatic nitrogens is 4. The Morgan fingerprint density at radius 3 is 2.44 bits per heavy atom. The highest BCUT2D eigenvalue weighted by Crippen LogP contribution is 2.24. The normalized spacial score (nSPS) is 11.0. The van der Waals surface area contributed by atoms with Crippen molar-refractivity contribution in [3.05, 3.63) is 92.2 Å². The number of thiocarbonyl (C=S) groups is 1. The van der Waals surface area contributed by atoms with Crippen molar-refractivity contribution in [3.8, 4) is 0 Å². The average molecular weight is 538 g/mol. The van der Waals surface area contributed by atoms with Gasteiger partial charge in [0, 0.05) is 21.3 Å². The lowest BCUT2D eigenvalue weighted by Crippen LogP contribution is -2.19. The van der Waals surface area contributed by atoms with Crippen LogP contribution in [0, 0.1) is 19.7 Å². The third-order valence-corrected chi connectivity index (χ3v) is 6.34. The van der Waals surface area contributed by atoms with Crippen molar-refractivity contribution in [3.63, 3.8) is 0 Å². The molecule has 0 radical (unpaired) electrons. The summed E-state index contributed by atoms with van der Waals surface area (Å²) in [6.07, 6.45) is 3.51. The molecule has 176 valence electrons. The molecule has 0 saturated carbocycles. The third-order valence-electron chi connectivity index (χ3n) is 5.19. The Morgan fingerprint density at radius 2 is 1.71 bits per heavy atom. The molecule has 0 fully saturated rings. The smallest absolute Gasteiger partial charge is 0.175 e. The second-order valence-corrected chi connectivity index (χ2v) is 9.34. The molecule has 34 heavy (non-hydrogen) atoms. The zero-order valence-corrected chi connectivity index (χ0v) is 21.3. The van der Waals surface area contributed by atoms with Gasteiger partial charge in [-0.25, -0.2) is 4.39 Å². The van der Waals surface area contributed by atoms with Gasteiger partial charge < -0.3 is 10.6 Å². The standard InChI is InChI=1S/C23H20Cl3FN6S/c1-13-22(14(2)33(31-13)11-16-4-6-18(27)8-21(16)26)30-23(34)29-19-9-28-32(12-19)10-15-3-5-17(24)7-20(15)25/h3-9,12H,10-11H2,1-2H3,(H2,29,30,34). The molecule has 0 saturated heterocycles. The highest BCUT2D eigenvalue weighted by Gasteiger charge is 2.15. The Hall–Kier alpha value is -2.65. The largest absolute Gasteiger partial charge is 0.330 e. The van der Waals surface area contributed by atoms with E-state index in [1.807, 2.05) is 26.1 Å². The molecule has 0 unspecified atom stereocenters. The molecule has 4 aromatic rings. The lowest BCUT2D eigenvalue weighted by Gasteiger charge is -2.10. The fraction of sp³-hybridized carbons (Fsp3) is 0.174. The Labute approximate surface area is 216 Å². The summed E-state index contributed by atoms with van der Waals surface area (Å²) in [6.45, 7) is 4.72. The summed E-state index contributed by atoms with van der Waals surface area (Å²) in [4.78, 5) is 0. The van der Waals surface area contributed by atoms with Crippen LogP contribution in [0.3, 0.4) is 0 Å². The van der Waals surface area contributed by atoms with Crippen LogP contribution in [0.4, 0.5) is 15.8 Å². The minimum absolute atomic E-state index is 0.358. The van der Waals surface area contributed by atoms with Crippen LogP contribution >= 0.6 is 47.0 Å². The highest BCUT2D eigenvalue weighted by molar-refractivity contribution is 7.80. The van der Waals surface area contributed by atoms with Crippen LogP contribution in [0.25, 0.3) is 0 Å². The van der Waals surface area contributed by atoms with Gasteiger partial charge in [0.25, 0.3) is 0 Å². The molecule has 0 aliphatic heterocycles. The molecule has 0 aliphatic rings. The second-order valence-electron chi connectivity index (χ2n) is 7.68. The first-order chi connectivity index (χ1) is 16.2. The van der Waals surface area contributed by atoms with Crippen molar-refractivity contribution in [2.24, 2.45) is 0 Å². The van der Waals surface area contributed by atoms with Crippen LogP contribution < -0.4 is 10.6 Å². The van der Waals surface area contributed by atoms with Gasteiger partial charge >= 0.3 is 0 Å². The van der Waals surface area contributed by atoms with Crippen LogP contribution in [0.5, 0.6) is 0 Å². The third kappa shape index (κ3) is 5.70. The molecule has 0 spiro atoms. The molecule has 2 aromatic carbocycles. The van der Waals surface area contributed by atoms with Crippen molar-refractivity contribution >= 4 is 63.5 Å². The molecule has 11 heteroatoms. The zero-order chi connectivity index (χ0) is 24.4. The number of halogens is 4. The van der Waals surface area contributed by atoms with Gasteiger partial charge in [0.15, 0.2) is 5.11 Å². The Kier molecular flexibility index (Phi) is 7.42. The van der Waals surface area contributed by atoms with E-state index < -0.39 is 0 Å². The Morgan fingerprint density at radius 1 is 1.00 bits per heavy atom. The second kappa shape index (κ2) is 10.3. The molecule has 0 aliphatic carbocycles. The minimum atomic E-state index is -0.375. The van der Waals surface area contributed by atoms with E-state index >= 15 is 0 Å². The van der Waals surface area contributed by atoms with Gasteiger partial charge in [-0.2, -0.15) is 10.2 Å². The lowest BCUT2D eigenvalue weighted by atomic mass is 10.2. The lowest BCUT2D eigenvalue weighted by molar-refractivity contribution is 0.622. The van der Waals surface area contributed by atoms with Gasteiger partial charge in [-0.1, -0.05) is 46.9 Å². The van der Waals surface area contributed by atoms with E-state index in [-0.39, 0.29) is 5.82 Å². The first kappa shape index (κ1) is 24.5. The van der Waals surface area contributed by atoms with E-state index in [1.165, 1.54) is 12.1 Å². The number of aryl methyl sites for hydroxylation is 1. The van der Waals surface area contributed by atoms with Gasteiger partial charge in [-0.05, 0) is 61.5 Å². The van der Waals surface area contributed by atoms with Crippen LogP contribution in [0.1, 0.15) is 22.5 Å². The predicted octanol–water partition coefficient (Wildman–Crippen LogP) is 6.70. The highest BCUT2D eigenvalue weighted by atomic mass is 35.5. The molecule has 2 N–H and O–H groups in total. The Balaban J connectivity index is 1.41. The number of benzene rings is 2. The zero-order valence-electron chi connectivity index (χ0n) is 18.2. The monoisotopic (exact) mass is 536 g/mol. The van der Waals surface area contributed by atoms with Crippen molar-refractivity contribution in [2.75, 3.05) is 10.6 Å². The molecule has 2 aromatic heterocycles. The van der Waals surface area contributed by atoms with E-state index in [4.69, 9.17) is 47.0 Å². The topological polar surface area (TPSA) is 59.7 Å². The summed E-state index contributed by atoms with van der Waals surface area (Å²) in [6, 6.07) is 9.69. The van der Waals surface area contributed by atoms with Crippen LogP contribution in [0.15, 0.2) is 48.8 Å². The van der Waals surface area contributed by atoms with Gasteiger partial charge in [0.2, 0.25) is 0 Å². The fourth-order valence-electron chi connectivity index (χ4n) is 3.46. The summed E-state index contributed by atoms with van der Waals surface area (Å²) >= 11 is 23.9. The predicted molar refractivity (Wildman–Crippen MR) is 140 cm³/mol. The summed E-state index contributed by atoms with van der Waals surface area (Å²) in [5, 5.41) is 17.2. The molecule has 2 heterocycles. The number of nitrogens with zero attached hydrogens (tertiary/aromatic N) is 4. The number of nitrogens with one attached hydrogen (secondary N) is 2. The first-order valence-corrected chi connectivity index (χ1v) is 11.8. The van der Waals surface area contributed by atoms with E-state index in [0.717, 1.165) is 33.9 Å². The van der Waals surface area contributed by atoms with E-state index in [2.05, 4.69) is 20.8 Å². The van der Waals surface area contributed by atoms with Crippen LogP contribution in [-0.4, -0.2) is 24.7 Å². The maximum atomic E-state index is 13.3. The number of hydrogen-bond acceptors (Lipinski definition) is 3. The number of anilines is 2. The molecule has 0 atom stereocenters. The van der Waals surface area contributed by atoms with Gasteiger partial charge in [-0.15, -0.1) is 0 Å². The quantitative estimate of drug-likeness (QED) is 0.268. The van der Waals surface area contributed by atoms with Crippen LogP contribution in [0.2, 0.25) is 15.1 Å². The maximum Gasteiger partial charge on any atom is 0.175 e. The van der Waals surface area contributed by atoms with Crippen molar-refractivity contribution in [2.45, 2.75) is 26.9 Å². The summed E-state index contributed by atoms with van der Waals surface area (Å²) in [7, 11) is 0. The number of hydrogen-bond donors (Lipinski definition) is 2. The molecule has 0 bridgehead atoms. The van der Waals surface area contributed by atoms with Crippen LogP contribution in [-0.2, 0) is 13.1 Å². The van der Waals surface area contributed by atoms with E-state index in [9.17, 15) is 4.39 Å². The van der Waals surface area contributed by atoms with Gasteiger partial charge in [-0.3, -0.25) is 9.36 Å². The van der Waals surface area contributed by atoms with Crippen molar-refractivity contribution in [1.29, 1.82) is 0 Å². The average Bonchev–Trinajstić information content (AvgIpc) is 3.31. The van der Waals surface area contributed by atoms with Crippen molar-refractivity contribution in [1.82, 2.24) is 19.6 Å². The van der Waals surface area contributed by atoms with Gasteiger partial charge in [0.1, 0.15) is 5.82 Å². The molecule has 6 nitrogen and oxygen atoms in total. The summed E-state index contributed by atoms with van der Waals surface area (Å²) in [5.41, 5.74) is 4.83. The minimum Gasteiger partial charge on any atom is -0.330 e. The number of rotatable bonds is 6. The fourth-order valence-corrected chi connectivity index (χ4v) is 4.37. The van der Waals surface area contributed by atoms with E-state index in [0.29, 0.717) is 33.3 Å². The summed E-state index contributed by atoms with van der Waals surface area (Å²) < 4.78 is 16.9. The van der Waals surface area contributed by atoms with Crippen molar-refractivity contribution < 1.29 is 4.39 Å².